The van der Waals surface area contributed by atoms with Crippen molar-refractivity contribution in [1.29, 1.82) is 0 Å². The van der Waals surface area contributed by atoms with Gasteiger partial charge in [-0.1, -0.05) is 42.0 Å². The summed E-state index contributed by atoms with van der Waals surface area (Å²) in [5, 5.41) is 11.0. The van der Waals surface area contributed by atoms with Gasteiger partial charge in [-0.15, -0.1) is 0 Å². The van der Waals surface area contributed by atoms with Crippen molar-refractivity contribution in [2.24, 2.45) is 0 Å². The monoisotopic (exact) mass is 480 g/mol. The highest BCUT2D eigenvalue weighted by molar-refractivity contribution is 6.08. The molecule has 3 aromatic carbocycles. The molecule has 1 atom stereocenters. The van der Waals surface area contributed by atoms with Crippen LogP contribution in [0.3, 0.4) is 0 Å². The van der Waals surface area contributed by atoms with Crippen LogP contribution in [-0.2, 0) is 0 Å². The lowest BCUT2D eigenvalue weighted by Gasteiger charge is -2.26. The molecule has 2 N–H and O–H groups in total. The molecule has 0 fully saturated rings. The van der Waals surface area contributed by atoms with E-state index < -0.39 is 0 Å². The Morgan fingerprint density at radius 2 is 1.69 bits per heavy atom. The van der Waals surface area contributed by atoms with Crippen LogP contribution in [0.2, 0.25) is 0 Å². The lowest BCUT2D eigenvalue weighted by molar-refractivity contribution is 0.102. The summed E-state index contributed by atoms with van der Waals surface area (Å²) in [6, 6.07) is 23.3. The molecule has 36 heavy (non-hydrogen) atoms. The minimum Gasteiger partial charge on any atom is -0.497 e. The van der Waals surface area contributed by atoms with Gasteiger partial charge in [0.1, 0.15) is 22.9 Å². The Hall–Kier alpha value is -4.52. The third-order valence-electron chi connectivity index (χ3n) is 6.12. The van der Waals surface area contributed by atoms with Crippen LogP contribution in [-0.4, -0.2) is 29.4 Å². The van der Waals surface area contributed by atoms with Crippen LogP contribution in [0.15, 0.2) is 85.1 Å². The fourth-order valence-corrected chi connectivity index (χ4v) is 4.20. The Morgan fingerprint density at radius 1 is 1.00 bits per heavy atom. The van der Waals surface area contributed by atoms with E-state index in [2.05, 4.69) is 53.0 Å². The molecule has 5 rings (SSSR count). The zero-order valence-electron chi connectivity index (χ0n) is 20.5. The van der Waals surface area contributed by atoms with Gasteiger partial charge in [0.15, 0.2) is 0 Å². The number of carbonyl (C=O) groups excluding carboxylic acids is 1. The molecule has 1 aliphatic rings. The average Bonchev–Trinajstić information content (AvgIpc) is 3.34. The first kappa shape index (κ1) is 23.2. The number of nitrogens with one attached hydrogen (secondary N) is 2. The normalized spacial score (nSPS) is 14.3. The summed E-state index contributed by atoms with van der Waals surface area (Å²) in [5.74, 6) is 1.94. The second-order valence-electron chi connectivity index (χ2n) is 8.55. The number of aryl methyl sites for hydroxylation is 1. The van der Waals surface area contributed by atoms with E-state index in [1.54, 1.807) is 13.3 Å². The van der Waals surface area contributed by atoms with Crippen molar-refractivity contribution in [2.45, 2.75) is 19.9 Å². The maximum Gasteiger partial charge on any atom is 0.261 e. The molecule has 0 saturated carbocycles. The SMILES string of the molecule is CCOc1ccc(NC(=O)c2cnn3c2NC(c2ccc(C)cc2)=C[C@H]3c2ccc(OC)cc2)cc1. The van der Waals surface area contributed by atoms with Crippen molar-refractivity contribution < 1.29 is 14.3 Å². The molecular weight excluding hydrogens is 452 g/mol. The summed E-state index contributed by atoms with van der Waals surface area (Å²) < 4.78 is 12.7. The molecular formula is C29H28N4O3. The van der Waals surface area contributed by atoms with Gasteiger partial charge in [-0.05, 0) is 67.4 Å². The molecule has 0 radical (unpaired) electrons. The number of rotatable bonds is 7. The van der Waals surface area contributed by atoms with E-state index in [0.717, 1.165) is 28.3 Å². The summed E-state index contributed by atoms with van der Waals surface area (Å²) in [6.45, 7) is 4.58. The molecule has 0 aliphatic carbocycles. The topological polar surface area (TPSA) is 77.4 Å². The Labute approximate surface area is 210 Å². The van der Waals surface area contributed by atoms with E-state index in [4.69, 9.17) is 9.47 Å². The van der Waals surface area contributed by atoms with E-state index in [0.29, 0.717) is 23.7 Å². The summed E-state index contributed by atoms with van der Waals surface area (Å²) in [6.07, 6.45) is 3.73. The molecule has 0 spiro atoms. The lowest BCUT2D eigenvalue weighted by atomic mass is 10.0. The van der Waals surface area contributed by atoms with Gasteiger partial charge in [-0.25, -0.2) is 4.68 Å². The highest BCUT2D eigenvalue weighted by atomic mass is 16.5. The van der Waals surface area contributed by atoms with Crippen LogP contribution in [0, 0.1) is 6.92 Å². The molecule has 4 aromatic rings. The number of aromatic nitrogens is 2. The number of amides is 1. The zero-order valence-corrected chi connectivity index (χ0v) is 20.5. The standard InChI is InChI=1S/C29H28N4O3/c1-4-36-24-15-11-22(12-16-24)31-29(34)25-18-30-33-27(21-9-13-23(35-3)14-10-21)17-26(32-28(25)33)20-7-5-19(2)6-8-20/h5-18,27,32H,4H2,1-3H3,(H,31,34)/t27-/m0/s1. The van der Waals surface area contributed by atoms with Crippen LogP contribution in [0.4, 0.5) is 11.5 Å². The van der Waals surface area contributed by atoms with Crippen molar-refractivity contribution in [2.75, 3.05) is 24.4 Å². The first-order valence-electron chi connectivity index (χ1n) is 11.9. The smallest absolute Gasteiger partial charge is 0.261 e. The minimum absolute atomic E-state index is 0.199. The molecule has 0 saturated heterocycles. The number of allylic oxidation sites excluding steroid dienone is 1. The summed E-state index contributed by atoms with van der Waals surface area (Å²) in [5.41, 5.74) is 5.30. The van der Waals surface area contributed by atoms with Crippen molar-refractivity contribution >= 4 is 23.1 Å². The van der Waals surface area contributed by atoms with E-state index >= 15 is 0 Å². The first-order valence-corrected chi connectivity index (χ1v) is 11.9. The van der Waals surface area contributed by atoms with Gasteiger partial charge in [-0.2, -0.15) is 5.10 Å². The predicted octanol–water partition coefficient (Wildman–Crippen LogP) is 5.91. The van der Waals surface area contributed by atoms with Crippen LogP contribution in [0.25, 0.3) is 5.70 Å². The number of ether oxygens (including phenoxy) is 2. The molecule has 1 amide bonds. The van der Waals surface area contributed by atoms with Crippen LogP contribution >= 0.6 is 0 Å². The van der Waals surface area contributed by atoms with E-state index in [1.807, 2.05) is 60.1 Å². The number of anilines is 2. The molecule has 0 bridgehead atoms. The number of fused-ring (bicyclic) bond motifs is 1. The second-order valence-corrected chi connectivity index (χ2v) is 8.55. The lowest BCUT2D eigenvalue weighted by Crippen LogP contribution is -2.22. The van der Waals surface area contributed by atoms with Crippen molar-refractivity contribution in [3.8, 4) is 11.5 Å². The Bertz CT molecular complexity index is 1390. The van der Waals surface area contributed by atoms with Crippen LogP contribution in [0.1, 0.15) is 40.0 Å². The summed E-state index contributed by atoms with van der Waals surface area (Å²) in [7, 11) is 1.65. The summed E-state index contributed by atoms with van der Waals surface area (Å²) >= 11 is 0. The van der Waals surface area contributed by atoms with Crippen molar-refractivity contribution in [3.63, 3.8) is 0 Å². The van der Waals surface area contributed by atoms with Gasteiger partial charge in [0.05, 0.1) is 26.0 Å². The maximum atomic E-state index is 13.3. The van der Waals surface area contributed by atoms with Crippen molar-refractivity contribution in [3.05, 3.63) is 107 Å². The van der Waals surface area contributed by atoms with Gasteiger partial charge in [0.25, 0.3) is 5.91 Å². The molecule has 7 heteroatoms. The highest BCUT2D eigenvalue weighted by Gasteiger charge is 2.28. The summed E-state index contributed by atoms with van der Waals surface area (Å²) in [4.78, 5) is 13.3. The fourth-order valence-electron chi connectivity index (χ4n) is 4.20. The Balaban J connectivity index is 1.49. The van der Waals surface area contributed by atoms with E-state index in [1.165, 1.54) is 5.56 Å². The quantitative estimate of drug-likeness (QED) is 0.344. The maximum absolute atomic E-state index is 13.3. The number of benzene rings is 3. The molecule has 7 nitrogen and oxygen atoms in total. The number of nitrogens with zero attached hydrogens (tertiary/aromatic N) is 2. The van der Waals surface area contributed by atoms with Crippen molar-refractivity contribution in [1.82, 2.24) is 9.78 Å². The Kier molecular flexibility index (Phi) is 6.45. The van der Waals surface area contributed by atoms with Gasteiger partial charge in [0, 0.05) is 11.4 Å². The number of carbonyl (C=O) groups is 1. The number of methoxy groups -OCH3 is 1. The van der Waals surface area contributed by atoms with E-state index in [-0.39, 0.29) is 11.9 Å². The largest absolute Gasteiger partial charge is 0.497 e. The predicted molar refractivity (Wildman–Crippen MR) is 142 cm³/mol. The first-order chi connectivity index (χ1) is 17.6. The highest BCUT2D eigenvalue weighted by Crippen LogP contribution is 2.36. The van der Waals surface area contributed by atoms with Gasteiger partial charge in [0.2, 0.25) is 0 Å². The van der Waals surface area contributed by atoms with Crippen LogP contribution in [0.5, 0.6) is 11.5 Å². The Morgan fingerprint density at radius 3 is 2.36 bits per heavy atom. The zero-order chi connectivity index (χ0) is 25.1. The number of hydrogen-bond acceptors (Lipinski definition) is 5. The molecule has 182 valence electrons. The number of hydrogen-bond donors (Lipinski definition) is 2. The van der Waals surface area contributed by atoms with Gasteiger partial charge >= 0.3 is 0 Å². The molecule has 2 heterocycles. The fraction of sp³-hybridized carbons (Fsp3) is 0.172. The minimum atomic E-state index is -0.244. The third-order valence-corrected chi connectivity index (χ3v) is 6.12. The van der Waals surface area contributed by atoms with Crippen LogP contribution < -0.4 is 20.1 Å². The second kappa shape index (κ2) is 10.00. The molecule has 1 aliphatic heterocycles. The third kappa shape index (κ3) is 4.68. The molecule has 0 unspecified atom stereocenters. The van der Waals surface area contributed by atoms with Gasteiger partial charge < -0.3 is 20.1 Å². The molecule has 1 aromatic heterocycles. The van der Waals surface area contributed by atoms with Gasteiger partial charge in [-0.3, -0.25) is 4.79 Å². The average molecular weight is 481 g/mol. The van der Waals surface area contributed by atoms with E-state index in [9.17, 15) is 4.79 Å².